The zero-order valence-corrected chi connectivity index (χ0v) is 12.9. The van der Waals surface area contributed by atoms with E-state index in [1.54, 1.807) is 0 Å². The van der Waals surface area contributed by atoms with E-state index in [-0.39, 0.29) is 41.5 Å². The Labute approximate surface area is 141 Å². The molecule has 0 saturated heterocycles. The van der Waals surface area contributed by atoms with Gasteiger partial charge in [0.2, 0.25) is 12.2 Å². The number of phenolic OH excluding ortho intramolecular Hbond substituents is 4. The average molecular weight is 345 g/mol. The number of aliphatic hydroxyl groups is 1. The second-order valence-electron chi connectivity index (χ2n) is 6.29. The maximum Gasteiger partial charge on any atom is 0.219 e. The van der Waals surface area contributed by atoms with Crippen molar-refractivity contribution >= 4 is 12.1 Å². The van der Waals surface area contributed by atoms with Gasteiger partial charge >= 0.3 is 0 Å². The third kappa shape index (κ3) is 2.07. The summed E-state index contributed by atoms with van der Waals surface area (Å²) in [6, 6.07) is 4.09. The molecule has 0 spiro atoms. The molecule has 1 amide bonds. The van der Waals surface area contributed by atoms with Crippen LogP contribution in [0.2, 0.25) is 0 Å². The molecule has 0 radical (unpaired) electrons. The highest BCUT2D eigenvalue weighted by molar-refractivity contribution is 5.83. The predicted molar refractivity (Wildman–Crippen MR) is 85.0 cm³/mol. The Bertz CT molecular complexity index is 911. The topological polar surface area (TPSA) is 139 Å². The van der Waals surface area contributed by atoms with Crippen LogP contribution < -0.4 is 10.1 Å². The Morgan fingerprint density at radius 2 is 1.76 bits per heavy atom. The lowest BCUT2D eigenvalue weighted by molar-refractivity contribution is -0.155. The molecule has 0 aromatic heterocycles. The lowest BCUT2D eigenvalue weighted by Gasteiger charge is -2.37. The van der Waals surface area contributed by atoms with E-state index < -0.39 is 17.5 Å². The van der Waals surface area contributed by atoms with Gasteiger partial charge in [0.05, 0.1) is 5.92 Å². The lowest BCUT2D eigenvalue weighted by atomic mass is 9.86. The minimum Gasteiger partial charge on any atom is -0.506 e. The zero-order valence-electron chi connectivity index (χ0n) is 12.9. The number of amides is 1. The molecular formula is C17H15NO7. The van der Waals surface area contributed by atoms with Crippen molar-refractivity contribution in [2.24, 2.45) is 0 Å². The Kier molecular flexibility index (Phi) is 3.04. The number of hydrogen-bond acceptors (Lipinski definition) is 7. The monoisotopic (exact) mass is 345 g/mol. The molecule has 2 aromatic rings. The SMILES string of the molecule is O=CNc1c(O)cc2c(c1O)O[C@@]1(O)Cc3cc(O)c(O)cc3C1C2. The first-order chi connectivity index (χ1) is 11.8. The minimum atomic E-state index is -1.68. The first kappa shape index (κ1) is 15.4. The molecule has 1 aliphatic heterocycles. The lowest BCUT2D eigenvalue weighted by Crippen LogP contribution is -2.44. The van der Waals surface area contributed by atoms with E-state index in [4.69, 9.17) is 4.74 Å². The number of rotatable bonds is 2. The summed E-state index contributed by atoms with van der Waals surface area (Å²) in [5.74, 6) is -3.66. The van der Waals surface area contributed by atoms with Gasteiger partial charge in [0, 0.05) is 12.0 Å². The summed E-state index contributed by atoms with van der Waals surface area (Å²) in [7, 11) is 0. The zero-order chi connectivity index (χ0) is 17.9. The second kappa shape index (κ2) is 4.93. The molecule has 8 nitrogen and oxygen atoms in total. The van der Waals surface area contributed by atoms with E-state index in [0.29, 0.717) is 23.1 Å². The van der Waals surface area contributed by atoms with Crippen LogP contribution in [0.1, 0.15) is 22.6 Å². The van der Waals surface area contributed by atoms with Crippen molar-refractivity contribution in [3.05, 3.63) is 34.9 Å². The molecule has 8 heteroatoms. The van der Waals surface area contributed by atoms with Crippen LogP contribution in [0.3, 0.4) is 0 Å². The van der Waals surface area contributed by atoms with Crippen LogP contribution in [0.5, 0.6) is 28.7 Å². The van der Waals surface area contributed by atoms with Gasteiger partial charge in [-0.1, -0.05) is 0 Å². The fraction of sp³-hybridized carbons (Fsp3) is 0.235. The number of ether oxygens (including phenoxy) is 1. The maximum absolute atomic E-state index is 10.9. The number of nitrogens with one attached hydrogen (secondary N) is 1. The van der Waals surface area contributed by atoms with Crippen molar-refractivity contribution in [3.8, 4) is 28.7 Å². The van der Waals surface area contributed by atoms with Crippen molar-refractivity contribution < 1.29 is 35.1 Å². The van der Waals surface area contributed by atoms with Gasteiger partial charge < -0.3 is 35.6 Å². The fourth-order valence-electron chi connectivity index (χ4n) is 3.68. The van der Waals surface area contributed by atoms with E-state index in [2.05, 4.69) is 5.32 Å². The van der Waals surface area contributed by atoms with Gasteiger partial charge in [-0.25, -0.2) is 0 Å². The van der Waals surface area contributed by atoms with E-state index in [9.17, 15) is 30.3 Å². The molecule has 2 atom stereocenters. The number of fused-ring (bicyclic) bond motifs is 4. The number of carbonyl (C=O) groups is 1. The van der Waals surface area contributed by atoms with Gasteiger partial charge in [-0.3, -0.25) is 4.79 Å². The normalized spacial score (nSPS) is 23.2. The van der Waals surface area contributed by atoms with E-state index in [1.165, 1.54) is 18.2 Å². The van der Waals surface area contributed by atoms with Crippen molar-refractivity contribution in [2.75, 3.05) is 5.32 Å². The van der Waals surface area contributed by atoms with Gasteiger partial charge in [-0.2, -0.15) is 0 Å². The van der Waals surface area contributed by atoms with Crippen LogP contribution in [0.15, 0.2) is 18.2 Å². The van der Waals surface area contributed by atoms with E-state index in [0.717, 1.165) is 0 Å². The molecule has 0 fully saturated rings. The highest BCUT2D eigenvalue weighted by Crippen LogP contribution is 2.55. The second-order valence-corrected chi connectivity index (χ2v) is 6.29. The van der Waals surface area contributed by atoms with Gasteiger partial charge in [0.15, 0.2) is 23.0 Å². The summed E-state index contributed by atoms with van der Waals surface area (Å²) in [5.41, 5.74) is 1.48. The maximum atomic E-state index is 10.9. The van der Waals surface area contributed by atoms with Crippen LogP contribution in [0.4, 0.5) is 5.69 Å². The molecule has 1 heterocycles. The molecule has 1 aliphatic carbocycles. The van der Waals surface area contributed by atoms with Gasteiger partial charge in [-0.05, 0) is 35.7 Å². The molecule has 6 N–H and O–H groups in total. The quantitative estimate of drug-likeness (QED) is 0.353. The minimum absolute atomic E-state index is 0.0258. The smallest absolute Gasteiger partial charge is 0.219 e. The van der Waals surface area contributed by atoms with Gasteiger partial charge in [-0.15, -0.1) is 0 Å². The predicted octanol–water partition coefficient (Wildman–Crippen LogP) is 1.04. The number of hydrogen-bond donors (Lipinski definition) is 6. The summed E-state index contributed by atoms with van der Waals surface area (Å²) in [6.07, 6.45) is 0.584. The molecule has 0 bridgehead atoms. The first-order valence-electron chi connectivity index (χ1n) is 7.58. The third-order valence-corrected chi connectivity index (χ3v) is 4.82. The summed E-state index contributed by atoms with van der Waals surface area (Å²) in [6.45, 7) is 0. The number of anilines is 1. The average Bonchev–Trinajstić information content (AvgIpc) is 2.82. The number of aromatic hydroxyl groups is 4. The molecule has 1 unspecified atom stereocenters. The van der Waals surface area contributed by atoms with Crippen LogP contribution in [-0.2, 0) is 17.6 Å². The molecule has 2 aliphatic rings. The van der Waals surface area contributed by atoms with E-state index in [1.807, 2.05) is 0 Å². The number of carbonyl (C=O) groups excluding carboxylic acids is 1. The van der Waals surface area contributed by atoms with Crippen molar-refractivity contribution in [2.45, 2.75) is 24.5 Å². The summed E-state index contributed by atoms with van der Waals surface area (Å²) >= 11 is 0. The Morgan fingerprint density at radius 3 is 2.48 bits per heavy atom. The first-order valence-corrected chi connectivity index (χ1v) is 7.58. The number of phenols is 4. The highest BCUT2D eigenvalue weighted by atomic mass is 16.6. The summed E-state index contributed by atoms with van der Waals surface area (Å²) in [4.78, 5) is 10.6. The van der Waals surface area contributed by atoms with Crippen LogP contribution in [0, 0.1) is 0 Å². The summed E-state index contributed by atoms with van der Waals surface area (Å²) < 4.78 is 5.65. The Morgan fingerprint density at radius 1 is 1.08 bits per heavy atom. The van der Waals surface area contributed by atoms with Crippen molar-refractivity contribution in [1.29, 1.82) is 0 Å². The largest absolute Gasteiger partial charge is 0.506 e. The standard InChI is InChI=1S/C17H15NO7/c19-6-18-14-13(22)2-7-1-10-9-4-12(21)11(20)3-8(9)5-17(10,24)25-16(7)15(14)23/h2-4,6,10,20-24H,1,5H2,(H,18,19)/t10?,17-/m0/s1. The van der Waals surface area contributed by atoms with Crippen molar-refractivity contribution in [1.82, 2.24) is 0 Å². The van der Waals surface area contributed by atoms with Crippen molar-refractivity contribution in [3.63, 3.8) is 0 Å². The van der Waals surface area contributed by atoms with Gasteiger partial charge in [0.25, 0.3) is 0 Å². The molecular weight excluding hydrogens is 330 g/mol. The molecule has 4 rings (SSSR count). The highest BCUT2D eigenvalue weighted by Gasteiger charge is 2.51. The molecule has 130 valence electrons. The Balaban J connectivity index is 1.83. The molecule has 0 saturated carbocycles. The molecule has 2 aromatic carbocycles. The van der Waals surface area contributed by atoms with Crippen LogP contribution >= 0.6 is 0 Å². The fourth-order valence-corrected chi connectivity index (χ4v) is 3.68. The third-order valence-electron chi connectivity index (χ3n) is 4.82. The Hall–Kier alpha value is -3.13. The van der Waals surface area contributed by atoms with E-state index >= 15 is 0 Å². The van der Waals surface area contributed by atoms with Gasteiger partial charge in [0.1, 0.15) is 11.4 Å². The number of benzene rings is 2. The van der Waals surface area contributed by atoms with Crippen LogP contribution in [0.25, 0.3) is 0 Å². The summed E-state index contributed by atoms with van der Waals surface area (Å²) in [5, 5.41) is 52.8. The van der Waals surface area contributed by atoms with Crippen LogP contribution in [-0.4, -0.2) is 37.7 Å². The molecule has 25 heavy (non-hydrogen) atoms.